The van der Waals surface area contributed by atoms with Crippen LogP contribution in [0.2, 0.25) is 0 Å². The monoisotopic (exact) mass is 301 g/mol. The summed E-state index contributed by atoms with van der Waals surface area (Å²) < 4.78 is 10.3. The molecule has 1 amide bonds. The number of methoxy groups -OCH3 is 2. The lowest BCUT2D eigenvalue weighted by atomic mass is 10.1. The molecule has 22 heavy (non-hydrogen) atoms. The van der Waals surface area contributed by atoms with E-state index in [1.54, 1.807) is 49.4 Å². The summed E-state index contributed by atoms with van der Waals surface area (Å²) in [5, 5.41) is 12.3. The number of carbonyl (C=O) groups excluding carboxylic acids is 1. The quantitative estimate of drug-likeness (QED) is 0.891. The normalized spacial score (nSPS) is 11.6. The van der Waals surface area contributed by atoms with Gasteiger partial charge in [-0.3, -0.25) is 4.79 Å². The molecule has 0 bridgehead atoms. The molecule has 5 heteroatoms. The van der Waals surface area contributed by atoms with Crippen LogP contribution in [0.3, 0.4) is 0 Å². The molecule has 0 heterocycles. The highest BCUT2D eigenvalue weighted by atomic mass is 16.5. The van der Waals surface area contributed by atoms with Crippen molar-refractivity contribution in [2.24, 2.45) is 0 Å². The topological polar surface area (TPSA) is 67.8 Å². The van der Waals surface area contributed by atoms with Crippen molar-refractivity contribution in [1.82, 2.24) is 0 Å². The Morgan fingerprint density at radius 1 is 1.05 bits per heavy atom. The molecule has 0 unspecified atom stereocenters. The Morgan fingerprint density at radius 2 is 1.59 bits per heavy atom. The first-order valence-electron chi connectivity index (χ1n) is 6.86. The Labute approximate surface area is 129 Å². The van der Waals surface area contributed by atoms with Crippen molar-refractivity contribution >= 4 is 11.6 Å². The number of carbonyl (C=O) groups is 1. The number of hydrogen-bond donors (Lipinski definition) is 2. The number of aliphatic hydroxyl groups excluding tert-OH is 1. The number of hydrogen-bond acceptors (Lipinski definition) is 4. The maximum absolute atomic E-state index is 12.3. The van der Waals surface area contributed by atoms with Gasteiger partial charge in [0, 0.05) is 17.3 Å². The molecule has 2 rings (SSSR count). The number of ether oxygens (including phenoxy) is 2. The fourth-order valence-corrected chi connectivity index (χ4v) is 1.99. The minimum Gasteiger partial charge on any atom is -0.497 e. The van der Waals surface area contributed by atoms with E-state index in [0.29, 0.717) is 22.7 Å². The minimum atomic E-state index is -0.535. The van der Waals surface area contributed by atoms with Crippen LogP contribution >= 0.6 is 0 Å². The van der Waals surface area contributed by atoms with Crippen LogP contribution in [0.25, 0.3) is 0 Å². The third-order valence-corrected chi connectivity index (χ3v) is 3.26. The van der Waals surface area contributed by atoms with Crippen LogP contribution in [-0.2, 0) is 0 Å². The standard InChI is InChI=1S/C17H19NO4/c1-11(19)12-4-6-14(7-5-12)18-17(20)13-8-15(21-2)10-16(9-13)22-3/h4-11,19H,1-3H3,(H,18,20)/t11-/m1/s1. The van der Waals surface area contributed by atoms with Crippen molar-refractivity contribution in [3.05, 3.63) is 53.6 Å². The highest BCUT2D eigenvalue weighted by Crippen LogP contribution is 2.23. The summed E-state index contributed by atoms with van der Waals surface area (Å²) in [6.07, 6.45) is -0.535. The molecule has 0 aliphatic rings. The number of aliphatic hydroxyl groups is 1. The average molecular weight is 301 g/mol. The van der Waals surface area contributed by atoms with E-state index in [4.69, 9.17) is 9.47 Å². The van der Waals surface area contributed by atoms with E-state index in [9.17, 15) is 9.90 Å². The predicted molar refractivity (Wildman–Crippen MR) is 84.6 cm³/mol. The fraction of sp³-hybridized carbons (Fsp3) is 0.235. The summed E-state index contributed by atoms with van der Waals surface area (Å²) in [6.45, 7) is 1.69. The number of anilines is 1. The van der Waals surface area contributed by atoms with E-state index < -0.39 is 6.10 Å². The van der Waals surface area contributed by atoms with Crippen LogP contribution in [-0.4, -0.2) is 25.2 Å². The molecule has 2 aromatic carbocycles. The molecule has 2 aromatic rings. The third-order valence-electron chi connectivity index (χ3n) is 3.26. The zero-order valence-electron chi connectivity index (χ0n) is 12.8. The van der Waals surface area contributed by atoms with Crippen molar-refractivity contribution < 1.29 is 19.4 Å². The van der Waals surface area contributed by atoms with E-state index in [1.807, 2.05) is 0 Å². The largest absolute Gasteiger partial charge is 0.497 e. The van der Waals surface area contributed by atoms with Gasteiger partial charge in [0.1, 0.15) is 11.5 Å². The van der Waals surface area contributed by atoms with Gasteiger partial charge in [-0.05, 0) is 36.8 Å². The van der Waals surface area contributed by atoms with E-state index >= 15 is 0 Å². The maximum atomic E-state index is 12.3. The van der Waals surface area contributed by atoms with Crippen LogP contribution in [0, 0.1) is 0 Å². The first-order valence-corrected chi connectivity index (χ1v) is 6.86. The van der Waals surface area contributed by atoms with Crippen molar-refractivity contribution in [3.8, 4) is 11.5 Å². The Balaban J connectivity index is 2.18. The second-order valence-electron chi connectivity index (χ2n) is 4.85. The highest BCUT2D eigenvalue weighted by molar-refractivity contribution is 6.04. The molecular weight excluding hydrogens is 282 g/mol. The molecule has 5 nitrogen and oxygen atoms in total. The molecule has 1 atom stereocenters. The molecule has 0 aliphatic carbocycles. The second-order valence-corrected chi connectivity index (χ2v) is 4.85. The van der Waals surface area contributed by atoms with Crippen LogP contribution in [0.5, 0.6) is 11.5 Å². The Bertz CT molecular complexity index is 628. The van der Waals surface area contributed by atoms with Crippen molar-refractivity contribution in [2.75, 3.05) is 19.5 Å². The summed E-state index contributed by atoms with van der Waals surface area (Å²) >= 11 is 0. The van der Waals surface area contributed by atoms with Gasteiger partial charge < -0.3 is 19.9 Å². The summed E-state index contributed by atoms with van der Waals surface area (Å²) in [5.41, 5.74) is 1.88. The maximum Gasteiger partial charge on any atom is 0.255 e. The van der Waals surface area contributed by atoms with Gasteiger partial charge in [0.2, 0.25) is 0 Å². The Morgan fingerprint density at radius 3 is 2.05 bits per heavy atom. The van der Waals surface area contributed by atoms with Gasteiger partial charge in [0.15, 0.2) is 0 Å². The van der Waals surface area contributed by atoms with Gasteiger partial charge in [-0.25, -0.2) is 0 Å². The Kier molecular flexibility index (Phi) is 5.01. The zero-order chi connectivity index (χ0) is 16.1. The fourth-order valence-electron chi connectivity index (χ4n) is 1.99. The van der Waals surface area contributed by atoms with Gasteiger partial charge in [-0.15, -0.1) is 0 Å². The summed E-state index contributed by atoms with van der Waals surface area (Å²) in [4.78, 5) is 12.3. The molecule has 0 aliphatic heterocycles. The number of benzene rings is 2. The van der Waals surface area contributed by atoms with Crippen molar-refractivity contribution in [2.45, 2.75) is 13.0 Å². The molecule has 0 fully saturated rings. The van der Waals surface area contributed by atoms with Gasteiger partial charge >= 0.3 is 0 Å². The van der Waals surface area contributed by atoms with E-state index in [2.05, 4.69) is 5.32 Å². The first kappa shape index (κ1) is 15.9. The third kappa shape index (κ3) is 3.77. The van der Waals surface area contributed by atoms with E-state index in [-0.39, 0.29) is 5.91 Å². The van der Waals surface area contributed by atoms with Crippen LogP contribution in [0.15, 0.2) is 42.5 Å². The summed E-state index contributed by atoms with van der Waals surface area (Å²) in [6, 6.07) is 12.0. The summed E-state index contributed by atoms with van der Waals surface area (Å²) in [7, 11) is 3.07. The number of rotatable bonds is 5. The molecule has 0 spiro atoms. The predicted octanol–water partition coefficient (Wildman–Crippen LogP) is 3.01. The van der Waals surface area contributed by atoms with Gasteiger partial charge in [-0.2, -0.15) is 0 Å². The van der Waals surface area contributed by atoms with Crippen molar-refractivity contribution in [3.63, 3.8) is 0 Å². The average Bonchev–Trinajstić information content (AvgIpc) is 2.54. The molecule has 0 aromatic heterocycles. The lowest BCUT2D eigenvalue weighted by Gasteiger charge is -2.10. The smallest absolute Gasteiger partial charge is 0.255 e. The lowest BCUT2D eigenvalue weighted by molar-refractivity contribution is 0.102. The van der Waals surface area contributed by atoms with Gasteiger partial charge in [0.25, 0.3) is 5.91 Å². The van der Waals surface area contributed by atoms with Crippen LogP contribution in [0.1, 0.15) is 28.9 Å². The van der Waals surface area contributed by atoms with Crippen LogP contribution in [0.4, 0.5) is 5.69 Å². The van der Waals surface area contributed by atoms with E-state index in [1.165, 1.54) is 14.2 Å². The second kappa shape index (κ2) is 6.95. The molecule has 116 valence electrons. The molecule has 0 saturated carbocycles. The molecule has 0 radical (unpaired) electrons. The zero-order valence-corrected chi connectivity index (χ0v) is 12.8. The number of nitrogens with one attached hydrogen (secondary N) is 1. The van der Waals surface area contributed by atoms with Gasteiger partial charge in [0.05, 0.1) is 20.3 Å². The summed E-state index contributed by atoms with van der Waals surface area (Å²) in [5.74, 6) is 0.838. The SMILES string of the molecule is COc1cc(OC)cc(C(=O)Nc2ccc([C@@H](C)O)cc2)c1. The molecular formula is C17H19NO4. The van der Waals surface area contributed by atoms with Crippen LogP contribution < -0.4 is 14.8 Å². The number of amides is 1. The van der Waals surface area contributed by atoms with Gasteiger partial charge in [-0.1, -0.05) is 12.1 Å². The molecule has 0 saturated heterocycles. The first-order chi connectivity index (χ1) is 10.5. The lowest BCUT2D eigenvalue weighted by Crippen LogP contribution is -2.12. The molecule has 2 N–H and O–H groups in total. The Hall–Kier alpha value is -2.53. The van der Waals surface area contributed by atoms with Crippen molar-refractivity contribution in [1.29, 1.82) is 0 Å². The highest BCUT2D eigenvalue weighted by Gasteiger charge is 2.10. The minimum absolute atomic E-state index is 0.262. The van der Waals surface area contributed by atoms with E-state index in [0.717, 1.165) is 5.56 Å².